The highest BCUT2D eigenvalue weighted by atomic mass is 32.2. The topological polar surface area (TPSA) is 37.8 Å². The molecule has 0 spiro atoms. The molecule has 4 heteroatoms. The molecule has 0 aliphatic heterocycles. The van der Waals surface area contributed by atoms with Gasteiger partial charge in [-0.05, 0) is 31.7 Å². The fourth-order valence-corrected chi connectivity index (χ4v) is 4.03. The summed E-state index contributed by atoms with van der Waals surface area (Å²) in [6.45, 7) is 5.55. The monoisotopic (exact) mass is 265 g/mol. The van der Waals surface area contributed by atoms with Crippen LogP contribution >= 0.6 is 11.8 Å². The predicted octanol–water partition coefficient (Wildman–Crippen LogP) is 3.13. The Balaban J connectivity index is 2.00. The van der Waals surface area contributed by atoms with Crippen molar-refractivity contribution >= 4 is 11.8 Å². The van der Waals surface area contributed by atoms with Crippen LogP contribution in [0.1, 0.15) is 39.5 Å². The van der Waals surface area contributed by atoms with Gasteiger partial charge in [-0.25, -0.2) is 4.98 Å². The molecule has 1 N–H and O–H groups in total. The van der Waals surface area contributed by atoms with Crippen molar-refractivity contribution in [2.24, 2.45) is 5.92 Å². The van der Waals surface area contributed by atoms with Crippen LogP contribution in [-0.2, 0) is 0 Å². The Morgan fingerprint density at radius 1 is 1.33 bits per heavy atom. The highest BCUT2D eigenvalue weighted by molar-refractivity contribution is 7.99. The van der Waals surface area contributed by atoms with E-state index >= 15 is 0 Å². The van der Waals surface area contributed by atoms with E-state index in [4.69, 9.17) is 0 Å². The summed E-state index contributed by atoms with van der Waals surface area (Å²) in [4.78, 5) is 8.55. The van der Waals surface area contributed by atoms with E-state index in [0.717, 1.165) is 17.5 Å². The zero-order chi connectivity index (χ0) is 12.8. The second kappa shape index (κ2) is 7.10. The zero-order valence-electron chi connectivity index (χ0n) is 11.3. The maximum Gasteiger partial charge on any atom is 0.115 e. The Kier molecular flexibility index (Phi) is 5.45. The molecular formula is C14H23N3S. The summed E-state index contributed by atoms with van der Waals surface area (Å²) in [7, 11) is 0. The van der Waals surface area contributed by atoms with E-state index < -0.39 is 0 Å². The Hall–Kier alpha value is -0.610. The van der Waals surface area contributed by atoms with E-state index in [2.05, 4.69) is 29.1 Å². The molecule has 3 unspecified atom stereocenters. The van der Waals surface area contributed by atoms with Crippen LogP contribution < -0.4 is 5.32 Å². The number of nitrogens with zero attached hydrogens (tertiary/aromatic N) is 2. The summed E-state index contributed by atoms with van der Waals surface area (Å²) >= 11 is 1.90. The van der Waals surface area contributed by atoms with E-state index in [1.807, 2.05) is 18.0 Å². The fourth-order valence-electron chi connectivity index (χ4n) is 2.71. The van der Waals surface area contributed by atoms with Crippen molar-refractivity contribution in [1.82, 2.24) is 15.3 Å². The van der Waals surface area contributed by atoms with Gasteiger partial charge in [0.2, 0.25) is 0 Å². The lowest BCUT2D eigenvalue weighted by Gasteiger charge is -2.35. The van der Waals surface area contributed by atoms with Crippen molar-refractivity contribution in [1.29, 1.82) is 0 Å². The Morgan fingerprint density at radius 3 is 2.89 bits per heavy atom. The number of nitrogens with one attached hydrogen (secondary N) is 1. The lowest BCUT2D eigenvalue weighted by atomic mass is 9.84. The first-order valence-corrected chi connectivity index (χ1v) is 7.87. The Morgan fingerprint density at radius 2 is 2.22 bits per heavy atom. The molecule has 3 atom stereocenters. The Bertz CT molecular complexity index is 344. The molecule has 0 saturated heterocycles. The summed E-state index contributed by atoms with van der Waals surface area (Å²) in [5.74, 6) is 0.883. The van der Waals surface area contributed by atoms with E-state index in [0.29, 0.717) is 11.3 Å². The molecule has 1 aliphatic carbocycles. The van der Waals surface area contributed by atoms with E-state index in [9.17, 15) is 0 Å². The molecule has 2 rings (SSSR count). The molecule has 0 amide bonds. The normalized spacial score (nSPS) is 28.2. The van der Waals surface area contributed by atoms with Gasteiger partial charge in [0.15, 0.2) is 0 Å². The van der Waals surface area contributed by atoms with Crippen molar-refractivity contribution in [2.75, 3.05) is 6.54 Å². The van der Waals surface area contributed by atoms with Crippen molar-refractivity contribution in [3.63, 3.8) is 0 Å². The van der Waals surface area contributed by atoms with Gasteiger partial charge in [0.05, 0.1) is 6.20 Å². The third-order valence-electron chi connectivity index (χ3n) is 3.76. The van der Waals surface area contributed by atoms with Crippen LogP contribution in [0.25, 0.3) is 0 Å². The molecular weight excluding hydrogens is 242 g/mol. The Labute approximate surface area is 114 Å². The molecule has 1 aromatic heterocycles. The number of hydrogen-bond donors (Lipinski definition) is 1. The molecule has 0 radical (unpaired) electrons. The van der Waals surface area contributed by atoms with Gasteiger partial charge < -0.3 is 5.32 Å². The number of hydrogen-bond acceptors (Lipinski definition) is 4. The summed E-state index contributed by atoms with van der Waals surface area (Å²) in [6, 6.07) is 0.629. The molecule has 0 bridgehead atoms. The van der Waals surface area contributed by atoms with E-state index in [-0.39, 0.29) is 0 Å². The number of aromatic nitrogens is 2. The van der Waals surface area contributed by atoms with Crippen molar-refractivity contribution in [3.8, 4) is 0 Å². The van der Waals surface area contributed by atoms with Crippen LogP contribution in [0.2, 0.25) is 0 Å². The molecule has 100 valence electrons. The second-order valence-electron chi connectivity index (χ2n) is 4.95. The van der Waals surface area contributed by atoms with Crippen LogP contribution in [0.15, 0.2) is 23.6 Å². The maximum absolute atomic E-state index is 4.39. The van der Waals surface area contributed by atoms with Crippen LogP contribution in [0.3, 0.4) is 0 Å². The molecule has 1 aliphatic rings. The highest BCUT2D eigenvalue weighted by Gasteiger charge is 2.30. The highest BCUT2D eigenvalue weighted by Crippen LogP contribution is 2.36. The van der Waals surface area contributed by atoms with E-state index in [1.54, 1.807) is 12.4 Å². The van der Waals surface area contributed by atoms with Crippen LogP contribution in [0.4, 0.5) is 0 Å². The second-order valence-corrected chi connectivity index (χ2v) is 6.21. The fraction of sp³-hybridized carbons (Fsp3) is 0.714. The number of thioether (sulfide) groups is 1. The van der Waals surface area contributed by atoms with Crippen LogP contribution in [-0.4, -0.2) is 27.8 Å². The quantitative estimate of drug-likeness (QED) is 0.887. The van der Waals surface area contributed by atoms with Gasteiger partial charge in [-0.15, -0.1) is 0 Å². The predicted molar refractivity (Wildman–Crippen MR) is 76.8 cm³/mol. The molecule has 1 saturated carbocycles. The first-order valence-electron chi connectivity index (χ1n) is 6.99. The molecule has 1 fully saturated rings. The standard InChI is InChI=1S/C14H23N3S/c1-3-11-5-6-12(16-4-2)13(9-11)18-14-10-15-7-8-17-14/h7-8,10-13,16H,3-6,9H2,1-2H3. The van der Waals surface area contributed by atoms with Gasteiger partial charge in [0.25, 0.3) is 0 Å². The summed E-state index contributed by atoms with van der Waals surface area (Å²) < 4.78 is 0. The van der Waals surface area contributed by atoms with Crippen LogP contribution in [0, 0.1) is 5.92 Å². The van der Waals surface area contributed by atoms with Gasteiger partial charge in [0, 0.05) is 23.7 Å². The zero-order valence-corrected chi connectivity index (χ0v) is 12.1. The maximum atomic E-state index is 4.39. The van der Waals surface area contributed by atoms with Gasteiger partial charge in [-0.2, -0.15) is 0 Å². The first-order chi connectivity index (χ1) is 8.83. The SMILES string of the molecule is CCNC1CCC(CC)CC1Sc1cnccn1. The molecule has 0 aromatic carbocycles. The molecule has 3 nitrogen and oxygen atoms in total. The summed E-state index contributed by atoms with van der Waals surface area (Å²) in [5, 5.41) is 5.33. The molecule has 1 aromatic rings. The van der Waals surface area contributed by atoms with Gasteiger partial charge in [-0.3, -0.25) is 4.98 Å². The minimum atomic E-state index is 0.629. The average molecular weight is 265 g/mol. The minimum Gasteiger partial charge on any atom is -0.313 e. The largest absolute Gasteiger partial charge is 0.313 e. The average Bonchev–Trinajstić information content (AvgIpc) is 2.42. The van der Waals surface area contributed by atoms with Gasteiger partial charge >= 0.3 is 0 Å². The smallest absolute Gasteiger partial charge is 0.115 e. The third-order valence-corrected chi connectivity index (χ3v) is 5.03. The number of rotatable bonds is 5. The van der Waals surface area contributed by atoms with Crippen molar-refractivity contribution < 1.29 is 0 Å². The van der Waals surface area contributed by atoms with Crippen molar-refractivity contribution in [2.45, 2.75) is 55.8 Å². The lowest BCUT2D eigenvalue weighted by Crippen LogP contribution is -2.42. The molecule has 18 heavy (non-hydrogen) atoms. The first kappa shape index (κ1) is 13.8. The summed E-state index contributed by atoms with van der Waals surface area (Å²) in [5.41, 5.74) is 0. The van der Waals surface area contributed by atoms with E-state index in [1.165, 1.54) is 25.7 Å². The summed E-state index contributed by atoms with van der Waals surface area (Å²) in [6.07, 6.45) is 10.7. The van der Waals surface area contributed by atoms with Crippen molar-refractivity contribution in [3.05, 3.63) is 18.6 Å². The molecule has 1 heterocycles. The van der Waals surface area contributed by atoms with Gasteiger partial charge in [0.1, 0.15) is 5.03 Å². The minimum absolute atomic E-state index is 0.629. The third kappa shape index (κ3) is 3.69. The van der Waals surface area contributed by atoms with Crippen LogP contribution in [0.5, 0.6) is 0 Å². The van der Waals surface area contributed by atoms with Gasteiger partial charge in [-0.1, -0.05) is 32.0 Å². The lowest BCUT2D eigenvalue weighted by molar-refractivity contribution is 0.297.